The number of halogens is 1. The second-order valence-electron chi connectivity index (χ2n) is 8.22. The molecule has 3 rings (SSSR count). The van der Waals surface area contributed by atoms with Crippen molar-refractivity contribution >= 4 is 27.0 Å². The molecule has 1 aliphatic heterocycles. The average Bonchev–Trinajstić information content (AvgIpc) is 3.38. The normalized spacial score (nSPS) is 21.2. The molecule has 9 heteroatoms. The van der Waals surface area contributed by atoms with Gasteiger partial charge in [0.15, 0.2) is 11.6 Å². The van der Waals surface area contributed by atoms with Crippen molar-refractivity contribution in [2.24, 2.45) is 0 Å². The summed E-state index contributed by atoms with van der Waals surface area (Å²) in [5.74, 6) is 1.42. The summed E-state index contributed by atoms with van der Waals surface area (Å²) in [5, 5.41) is 19.8. The van der Waals surface area contributed by atoms with Crippen LogP contribution in [0.2, 0.25) is 0 Å². The quantitative estimate of drug-likeness (QED) is 0.260. The van der Waals surface area contributed by atoms with E-state index in [9.17, 15) is 8.60 Å². The molecule has 2 aliphatic rings. The molecule has 1 aromatic carbocycles. The Hall–Kier alpha value is -2.42. The van der Waals surface area contributed by atoms with E-state index < -0.39 is 15.7 Å². The van der Waals surface area contributed by atoms with E-state index in [4.69, 9.17) is 21.3 Å². The van der Waals surface area contributed by atoms with Crippen molar-refractivity contribution in [3.8, 4) is 5.75 Å². The fourth-order valence-corrected chi connectivity index (χ4v) is 4.76. The molecule has 0 unspecified atom stereocenters. The van der Waals surface area contributed by atoms with Crippen molar-refractivity contribution < 1.29 is 13.3 Å². The van der Waals surface area contributed by atoms with Gasteiger partial charge in [-0.1, -0.05) is 0 Å². The van der Waals surface area contributed by atoms with Gasteiger partial charge in [0.2, 0.25) is 0 Å². The van der Waals surface area contributed by atoms with Gasteiger partial charge in [0.05, 0.1) is 11.4 Å². The Labute approximate surface area is 171 Å². The van der Waals surface area contributed by atoms with Gasteiger partial charge in [-0.05, 0) is 32.1 Å². The van der Waals surface area contributed by atoms with Crippen LogP contribution in [-0.4, -0.2) is 64.0 Å². The third-order valence-corrected chi connectivity index (χ3v) is 7.81. The fraction of sp³-hybridized carbons (Fsp3) is 0.500. The molecular formula is C20H30FN5O2S. The zero-order valence-electron chi connectivity index (χ0n) is 17.1. The number of hydrogen-bond acceptors (Lipinski definition) is 7. The minimum absolute atomic E-state index is 0.0542. The number of hydrogen-bond donors (Lipinski definition) is 5. The first-order chi connectivity index (χ1) is 13.5. The lowest BCUT2D eigenvalue weighted by atomic mass is 10.0. The molecule has 5 N–H and O–H groups in total. The van der Waals surface area contributed by atoms with E-state index in [1.54, 1.807) is 13.1 Å². The van der Waals surface area contributed by atoms with Crippen molar-refractivity contribution in [3.05, 3.63) is 35.4 Å². The van der Waals surface area contributed by atoms with Crippen LogP contribution in [0, 0.1) is 16.6 Å². The number of nitrogen functional groups attached to an aromatic ring is 1. The molecule has 1 saturated heterocycles. The van der Waals surface area contributed by atoms with E-state index in [1.165, 1.54) is 6.07 Å². The van der Waals surface area contributed by atoms with Crippen LogP contribution in [0.25, 0.3) is 0 Å². The van der Waals surface area contributed by atoms with Gasteiger partial charge in [-0.15, -0.1) is 9.93 Å². The first-order valence-corrected chi connectivity index (χ1v) is 12.2. The second kappa shape index (κ2) is 7.78. The number of nitrogens with zero attached hydrogens (tertiary/aromatic N) is 1. The van der Waals surface area contributed by atoms with E-state index in [2.05, 4.69) is 5.32 Å². The summed E-state index contributed by atoms with van der Waals surface area (Å²) < 4.78 is 32.2. The lowest BCUT2D eigenvalue weighted by Gasteiger charge is -2.35. The first kappa shape index (κ1) is 21.3. The highest BCUT2D eigenvalue weighted by Crippen LogP contribution is 2.41. The summed E-state index contributed by atoms with van der Waals surface area (Å²) in [7, 11) is -0.316. The van der Waals surface area contributed by atoms with Crippen LogP contribution in [-0.2, 0) is 9.93 Å². The molecule has 1 heterocycles. The van der Waals surface area contributed by atoms with E-state index in [1.807, 2.05) is 18.1 Å². The van der Waals surface area contributed by atoms with Gasteiger partial charge < -0.3 is 20.7 Å². The fourth-order valence-electron chi connectivity index (χ4n) is 3.21. The number of allylic oxidation sites excluding steroid dienone is 1. The van der Waals surface area contributed by atoms with Gasteiger partial charge in [-0.3, -0.25) is 15.0 Å². The van der Waals surface area contributed by atoms with Crippen LogP contribution in [0.3, 0.4) is 0 Å². The maximum absolute atomic E-state index is 14.2. The highest BCUT2D eigenvalue weighted by Gasteiger charge is 2.40. The Morgan fingerprint density at radius 1 is 1.34 bits per heavy atom. The molecule has 1 aromatic rings. The number of anilines is 1. The Balaban J connectivity index is 1.80. The Morgan fingerprint density at radius 3 is 2.52 bits per heavy atom. The lowest BCUT2D eigenvalue weighted by Crippen LogP contribution is -2.45. The first-order valence-electron chi connectivity index (χ1n) is 9.69. The SMILES string of the molecule is CN/C(=C\C(=N)C(=N)c1cc(OC2(C)CC2)c(F)cc1N)N1CC[SH](C)(=O)CC1. The van der Waals surface area contributed by atoms with Gasteiger partial charge in [0.1, 0.15) is 11.4 Å². The summed E-state index contributed by atoms with van der Waals surface area (Å²) >= 11 is 0. The molecule has 1 saturated carbocycles. The van der Waals surface area contributed by atoms with Crippen LogP contribution in [0.5, 0.6) is 5.75 Å². The van der Waals surface area contributed by atoms with Crippen LogP contribution in [0.1, 0.15) is 25.3 Å². The smallest absolute Gasteiger partial charge is 0.167 e. The van der Waals surface area contributed by atoms with Crippen LogP contribution in [0.15, 0.2) is 24.0 Å². The van der Waals surface area contributed by atoms with Crippen molar-refractivity contribution in [1.29, 1.82) is 10.8 Å². The minimum atomic E-state index is -2.06. The maximum Gasteiger partial charge on any atom is 0.167 e. The molecular weight excluding hydrogens is 393 g/mol. The topological polar surface area (TPSA) is 115 Å². The second-order valence-corrected chi connectivity index (χ2v) is 11.7. The van der Waals surface area contributed by atoms with Crippen molar-refractivity contribution in [3.63, 3.8) is 0 Å². The summed E-state index contributed by atoms with van der Waals surface area (Å²) in [5.41, 5.74) is 5.76. The van der Waals surface area contributed by atoms with Crippen molar-refractivity contribution in [2.75, 3.05) is 43.6 Å². The molecule has 7 nitrogen and oxygen atoms in total. The number of rotatable bonds is 7. The Kier molecular flexibility index (Phi) is 5.71. The Morgan fingerprint density at radius 2 is 1.97 bits per heavy atom. The average molecular weight is 424 g/mol. The van der Waals surface area contributed by atoms with Gasteiger partial charge in [0, 0.05) is 55.0 Å². The van der Waals surface area contributed by atoms with Crippen LogP contribution >= 0.6 is 0 Å². The standard InChI is InChI=1S/C20H30FN5O2S/c1-20(4-5-20)28-17-10-13(15(22)11-14(17)21)19(24)16(23)12-18(25-2)26-6-8-29(3,27)9-7-26/h10-12,23-25,29H,4-9,22H2,1-3H3/b18-12+,23-16?,24-19?. The molecule has 1 aliphatic carbocycles. The van der Waals surface area contributed by atoms with E-state index >= 15 is 0 Å². The number of thiol groups is 1. The van der Waals surface area contributed by atoms with Crippen LogP contribution < -0.4 is 15.8 Å². The number of nitrogens with one attached hydrogen (secondary N) is 3. The summed E-state index contributed by atoms with van der Waals surface area (Å²) in [4.78, 5) is 2.03. The van der Waals surface area contributed by atoms with E-state index in [0.717, 1.165) is 18.9 Å². The highest BCUT2D eigenvalue weighted by molar-refractivity contribution is 8.02. The molecule has 2 fully saturated rings. The summed E-state index contributed by atoms with van der Waals surface area (Å²) in [6, 6.07) is 2.55. The summed E-state index contributed by atoms with van der Waals surface area (Å²) in [6.45, 7) is 3.18. The van der Waals surface area contributed by atoms with Gasteiger partial charge in [-0.25, -0.2) is 4.39 Å². The van der Waals surface area contributed by atoms with E-state index in [-0.39, 0.29) is 34.0 Å². The van der Waals surface area contributed by atoms with Gasteiger partial charge >= 0.3 is 0 Å². The lowest BCUT2D eigenvalue weighted by molar-refractivity contribution is 0.191. The zero-order valence-corrected chi connectivity index (χ0v) is 18.0. The van der Waals surface area contributed by atoms with Crippen LogP contribution in [0.4, 0.5) is 10.1 Å². The highest BCUT2D eigenvalue weighted by atomic mass is 32.2. The maximum atomic E-state index is 14.2. The molecule has 0 bridgehead atoms. The number of benzene rings is 1. The molecule has 0 atom stereocenters. The van der Waals surface area contributed by atoms with Crippen molar-refractivity contribution in [2.45, 2.75) is 25.4 Å². The molecule has 0 amide bonds. The molecule has 0 spiro atoms. The van der Waals surface area contributed by atoms with Crippen molar-refractivity contribution in [1.82, 2.24) is 10.2 Å². The monoisotopic (exact) mass is 423 g/mol. The number of nitrogens with two attached hydrogens (primary N) is 1. The van der Waals surface area contributed by atoms with Gasteiger partial charge in [0.25, 0.3) is 0 Å². The predicted molar refractivity (Wildman–Crippen MR) is 118 cm³/mol. The Bertz CT molecular complexity index is 914. The third kappa shape index (κ3) is 4.95. The molecule has 0 radical (unpaired) electrons. The molecule has 0 aromatic heterocycles. The minimum Gasteiger partial charge on any atom is -0.484 e. The molecule has 160 valence electrons. The summed E-state index contributed by atoms with van der Waals surface area (Å²) in [6.07, 6.45) is 5.09. The predicted octanol–water partition coefficient (Wildman–Crippen LogP) is 1.75. The number of ether oxygens (including phenoxy) is 1. The third-order valence-electron chi connectivity index (χ3n) is 5.52. The van der Waals surface area contributed by atoms with Gasteiger partial charge in [-0.2, -0.15) is 0 Å². The largest absolute Gasteiger partial charge is 0.484 e. The zero-order chi connectivity index (χ0) is 21.4. The molecule has 29 heavy (non-hydrogen) atoms. The van der Waals surface area contributed by atoms with E-state index in [0.29, 0.717) is 30.4 Å².